The Labute approximate surface area is 114 Å². The van der Waals surface area contributed by atoms with Crippen LogP contribution < -0.4 is 10.6 Å². The maximum atomic E-state index is 11.2. The number of hydrogen-bond acceptors (Lipinski definition) is 4. The fourth-order valence-electron chi connectivity index (χ4n) is 2.60. The van der Waals surface area contributed by atoms with Gasteiger partial charge in [-0.1, -0.05) is 20.8 Å². The van der Waals surface area contributed by atoms with Crippen LogP contribution in [0.1, 0.15) is 20.8 Å². The zero-order chi connectivity index (χ0) is 14.0. The van der Waals surface area contributed by atoms with Gasteiger partial charge in [0.05, 0.1) is 23.6 Å². The van der Waals surface area contributed by atoms with Crippen molar-refractivity contribution in [3.8, 4) is 0 Å². The van der Waals surface area contributed by atoms with Crippen molar-refractivity contribution >= 4 is 17.8 Å². The summed E-state index contributed by atoms with van der Waals surface area (Å²) in [6.07, 6.45) is 4.39. The number of pyridine rings is 1. The summed E-state index contributed by atoms with van der Waals surface area (Å²) < 4.78 is 0. The molecule has 0 aliphatic carbocycles. The standard InChI is InChI=1S/C14H22N4O/c1-14(2,3)13-9-17(6-7-18(13)10-19)12-4-5-16-8-11(12)15/h4-5,8,10,13H,6-7,9,15H2,1-3H3. The number of amides is 1. The summed E-state index contributed by atoms with van der Waals surface area (Å²) in [5.41, 5.74) is 7.73. The van der Waals surface area contributed by atoms with E-state index in [1.807, 2.05) is 11.0 Å². The molecule has 1 aliphatic rings. The zero-order valence-corrected chi connectivity index (χ0v) is 11.8. The minimum atomic E-state index is 0.0430. The highest BCUT2D eigenvalue weighted by atomic mass is 16.1. The Balaban J connectivity index is 2.23. The van der Waals surface area contributed by atoms with Crippen LogP contribution in [0, 0.1) is 5.41 Å². The number of piperazine rings is 1. The van der Waals surface area contributed by atoms with Gasteiger partial charge in [-0.2, -0.15) is 0 Å². The van der Waals surface area contributed by atoms with Gasteiger partial charge in [0.15, 0.2) is 0 Å². The molecule has 104 valence electrons. The smallest absolute Gasteiger partial charge is 0.210 e. The topological polar surface area (TPSA) is 62.5 Å². The first-order chi connectivity index (χ1) is 8.93. The van der Waals surface area contributed by atoms with Gasteiger partial charge >= 0.3 is 0 Å². The molecule has 1 unspecified atom stereocenters. The lowest BCUT2D eigenvalue weighted by Gasteiger charge is -2.46. The van der Waals surface area contributed by atoms with Crippen LogP contribution in [0.2, 0.25) is 0 Å². The number of carbonyl (C=O) groups excluding carboxylic acids is 1. The Bertz CT molecular complexity index is 455. The molecule has 1 aliphatic heterocycles. The highest BCUT2D eigenvalue weighted by molar-refractivity contribution is 5.66. The summed E-state index contributed by atoms with van der Waals surface area (Å²) in [4.78, 5) is 19.4. The zero-order valence-electron chi connectivity index (χ0n) is 11.8. The molecule has 1 fully saturated rings. The third-order valence-electron chi connectivity index (χ3n) is 3.73. The fraction of sp³-hybridized carbons (Fsp3) is 0.571. The largest absolute Gasteiger partial charge is 0.396 e. The number of anilines is 2. The fourth-order valence-corrected chi connectivity index (χ4v) is 2.60. The highest BCUT2D eigenvalue weighted by Crippen LogP contribution is 2.30. The minimum absolute atomic E-state index is 0.0430. The Morgan fingerprint density at radius 3 is 2.74 bits per heavy atom. The summed E-state index contributed by atoms with van der Waals surface area (Å²) in [5.74, 6) is 0. The van der Waals surface area contributed by atoms with Crippen LogP contribution in [0.5, 0.6) is 0 Å². The molecule has 5 heteroatoms. The first-order valence-corrected chi connectivity index (χ1v) is 6.59. The second kappa shape index (κ2) is 5.07. The second-order valence-corrected chi connectivity index (χ2v) is 6.11. The Morgan fingerprint density at radius 2 is 2.16 bits per heavy atom. The van der Waals surface area contributed by atoms with Gasteiger partial charge < -0.3 is 15.5 Å². The number of nitrogen functional groups attached to an aromatic ring is 1. The van der Waals surface area contributed by atoms with Crippen LogP contribution in [0.15, 0.2) is 18.5 Å². The van der Waals surface area contributed by atoms with Crippen LogP contribution in [-0.2, 0) is 4.79 Å². The maximum Gasteiger partial charge on any atom is 0.210 e. The van der Waals surface area contributed by atoms with Gasteiger partial charge in [0.1, 0.15) is 0 Å². The van der Waals surface area contributed by atoms with E-state index >= 15 is 0 Å². The molecule has 1 saturated heterocycles. The molecule has 0 radical (unpaired) electrons. The maximum absolute atomic E-state index is 11.2. The first kappa shape index (κ1) is 13.6. The molecule has 0 aromatic carbocycles. The number of hydrogen-bond donors (Lipinski definition) is 1. The summed E-state index contributed by atoms with van der Waals surface area (Å²) in [5, 5.41) is 0. The van der Waals surface area contributed by atoms with Crippen LogP contribution in [0.4, 0.5) is 11.4 Å². The van der Waals surface area contributed by atoms with Gasteiger partial charge in [0.2, 0.25) is 6.41 Å². The third kappa shape index (κ3) is 2.80. The van der Waals surface area contributed by atoms with Crippen LogP contribution in [-0.4, -0.2) is 42.0 Å². The van der Waals surface area contributed by atoms with Gasteiger partial charge in [-0.25, -0.2) is 0 Å². The monoisotopic (exact) mass is 262 g/mol. The molecule has 0 saturated carbocycles. The molecule has 2 N–H and O–H groups in total. The molecule has 0 spiro atoms. The van der Waals surface area contributed by atoms with E-state index in [9.17, 15) is 4.79 Å². The second-order valence-electron chi connectivity index (χ2n) is 6.11. The average molecular weight is 262 g/mol. The molecular formula is C14H22N4O. The Hall–Kier alpha value is -1.78. The van der Waals surface area contributed by atoms with Gasteiger partial charge in [0, 0.05) is 25.8 Å². The van der Waals surface area contributed by atoms with Gasteiger partial charge in [-0.15, -0.1) is 0 Å². The first-order valence-electron chi connectivity index (χ1n) is 6.59. The summed E-state index contributed by atoms with van der Waals surface area (Å²) in [6.45, 7) is 8.82. The van der Waals surface area contributed by atoms with E-state index in [0.717, 1.165) is 31.7 Å². The minimum Gasteiger partial charge on any atom is -0.396 e. The van der Waals surface area contributed by atoms with E-state index in [0.29, 0.717) is 5.69 Å². The van der Waals surface area contributed by atoms with Crippen molar-refractivity contribution in [2.45, 2.75) is 26.8 Å². The van der Waals surface area contributed by atoms with Crippen molar-refractivity contribution in [3.63, 3.8) is 0 Å². The van der Waals surface area contributed by atoms with Crippen LogP contribution >= 0.6 is 0 Å². The number of nitrogens with two attached hydrogens (primary N) is 1. The molecule has 1 aromatic heterocycles. The van der Waals surface area contributed by atoms with E-state index in [2.05, 4.69) is 30.7 Å². The predicted octanol–water partition coefficient (Wildman–Crippen LogP) is 1.36. The van der Waals surface area contributed by atoms with Crippen molar-refractivity contribution < 1.29 is 4.79 Å². The lowest BCUT2D eigenvalue weighted by atomic mass is 9.84. The Morgan fingerprint density at radius 1 is 1.42 bits per heavy atom. The van der Waals surface area contributed by atoms with Crippen molar-refractivity contribution in [1.82, 2.24) is 9.88 Å². The van der Waals surface area contributed by atoms with Crippen molar-refractivity contribution in [1.29, 1.82) is 0 Å². The Kier molecular flexibility index (Phi) is 3.64. The summed E-state index contributed by atoms with van der Waals surface area (Å²) in [6, 6.07) is 2.12. The molecule has 5 nitrogen and oxygen atoms in total. The molecular weight excluding hydrogens is 240 g/mol. The molecule has 2 heterocycles. The lowest BCUT2D eigenvalue weighted by molar-refractivity contribution is -0.122. The molecule has 0 bridgehead atoms. The highest BCUT2D eigenvalue weighted by Gasteiger charge is 2.35. The average Bonchev–Trinajstić information content (AvgIpc) is 2.37. The van der Waals surface area contributed by atoms with Crippen molar-refractivity contribution in [2.24, 2.45) is 5.41 Å². The SMILES string of the molecule is CC(C)(C)C1CN(c2ccncc2N)CCN1C=O. The molecule has 2 rings (SSSR count). The van der Waals surface area contributed by atoms with Gasteiger partial charge in [-0.05, 0) is 11.5 Å². The predicted molar refractivity (Wildman–Crippen MR) is 76.9 cm³/mol. The molecule has 1 aromatic rings. The van der Waals surface area contributed by atoms with E-state index in [1.54, 1.807) is 12.4 Å². The summed E-state index contributed by atoms with van der Waals surface area (Å²) >= 11 is 0. The normalized spacial score (nSPS) is 20.5. The number of nitrogens with zero attached hydrogens (tertiary/aromatic N) is 3. The molecule has 19 heavy (non-hydrogen) atoms. The molecule has 1 atom stereocenters. The molecule has 1 amide bonds. The third-order valence-corrected chi connectivity index (χ3v) is 3.73. The number of rotatable bonds is 2. The van der Waals surface area contributed by atoms with Crippen LogP contribution in [0.25, 0.3) is 0 Å². The van der Waals surface area contributed by atoms with E-state index in [-0.39, 0.29) is 11.5 Å². The number of aromatic nitrogens is 1. The summed E-state index contributed by atoms with van der Waals surface area (Å²) in [7, 11) is 0. The van der Waals surface area contributed by atoms with E-state index < -0.39 is 0 Å². The van der Waals surface area contributed by atoms with Gasteiger partial charge in [0.25, 0.3) is 0 Å². The van der Waals surface area contributed by atoms with Gasteiger partial charge in [-0.3, -0.25) is 9.78 Å². The van der Waals surface area contributed by atoms with Crippen LogP contribution in [0.3, 0.4) is 0 Å². The van der Waals surface area contributed by atoms with Crippen molar-refractivity contribution in [3.05, 3.63) is 18.5 Å². The van der Waals surface area contributed by atoms with E-state index in [4.69, 9.17) is 5.73 Å². The van der Waals surface area contributed by atoms with E-state index in [1.165, 1.54) is 0 Å². The lowest BCUT2D eigenvalue weighted by Crippen LogP contribution is -2.57. The number of carbonyl (C=O) groups is 1. The quantitative estimate of drug-likeness (QED) is 0.817. The van der Waals surface area contributed by atoms with Crippen molar-refractivity contribution in [2.75, 3.05) is 30.3 Å².